The number of halogens is 1. The molecule has 0 aliphatic heterocycles. The summed E-state index contributed by atoms with van der Waals surface area (Å²) in [5.41, 5.74) is 1.06. The molecule has 0 atom stereocenters. The Morgan fingerprint density at radius 1 is 1.38 bits per heavy atom. The Hall–Kier alpha value is -0.705. The van der Waals surface area contributed by atoms with Gasteiger partial charge < -0.3 is 14.8 Å². The summed E-state index contributed by atoms with van der Waals surface area (Å²) in [6.45, 7) is 1.79. The molecule has 2 N–H and O–H groups in total. The highest BCUT2D eigenvalue weighted by atomic mass is 35.5. The summed E-state index contributed by atoms with van der Waals surface area (Å²) in [7, 11) is -0.0883. The first kappa shape index (κ1) is 10.4. The molecule has 0 saturated heterocycles. The summed E-state index contributed by atoms with van der Waals surface area (Å²) in [6, 6.07) is 3.17. The van der Waals surface area contributed by atoms with E-state index in [1.165, 1.54) is 13.2 Å². The second-order valence-electron chi connectivity index (χ2n) is 2.72. The molecule has 0 bridgehead atoms. The van der Waals surface area contributed by atoms with Crippen LogP contribution in [-0.2, 0) is 0 Å². The topological polar surface area (TPSA) is 49.7 Å². The molecule has 70 valence electrons. The van der Waals surface area contributed by atoms with Gasteiger partial charge in [0.15, 0.2) is 0 Å². The van der Waals surface area contributed by atoms with Gasteiger partial charge in [0.25, 0.3) is 0 Å². The predicted octanol–water partition coefficient (Wildman–Crippen LogP) is 0.337. The lowest BCUT2D eigenvalue weighted by Gasteiger charge is -2.10. The first-order chi connectivity index (χ1) is 6.06. The molecule has 1 rings (SSSR count). The van der Waals surface area contributed by atoms with Gasteiger partial charge in [-0.1, -0.05) is 11.6 Å². The average Bonchev–Trinajstić information content (AvgIpc) is 2.02. The molecule has 0 spiro atoms. The maximum Gasteiger partial charge on any atom is 0.492 e. The van der Waals surface area contributed by atoms with Crippen LogP contribution in [-0.4, -0.2) is 24.3 Å². The molecule has 0 radical (unpaired) electrons. The van der Waals surface area contributed by atoms with E-state index in [0.29, 0.717) is 10.8 Å². The first-order valence-corrected chi connectivity index (χ1v) is 4.14. The monoisotopic (exact) mass is 200 g/mol. The van der Waals surface area contributed by atoms with Crippen molar-refractivity contribution < 1.29 is 14.8 Å². The molecular formula is C8H10BClO3. The summed E-state index contributed by atoms with van der Waals surface area (Å²) in [4.78, 5) is 0. The fourth-order valence-electron chi connectivity index (χ4n) is 1.23. The molecule has 0 aliphatic rings. The highest BCUT2D eigenvalue weighted by Crippen LogP contribution is 2.19. The Kier molecular flexibility index (Phi) is 3.19. The molecule has 3 nitrogen and oxygen atoms in total. The molecule has 1 aromatic carbocycles. The van der Waals surface area contributed by atoms with Crippen LogP contribution in [0.1, 0.15) is 5.56 Å². The van der Waals surface area contributed by atoms with Gasteiger partial charge in [-0.25, -0.2) is 0 Å². The summed E-state index contributed by atoms with van der Waals surface area (Å²) >= 11 is 5.75. The maximum absolute atomic E-state index is 9.00. The van der Waals surface area contributed by atoms with Crippen LogP contribution in [0.25, 0.3) is 0 Å². The van der Waals surface area contributed by atoms with Gasteiger partial charge in [-0.2, -0.15) is 0 Å². The van der Waals surface area contributed by atoms with Gasteiger partial charge in [-0.3, -0.25) is 0 Å². The van der Waals surface area contributed by atoms with Crippen LogP contribution in [0.5, 0.6) is 5.75 Å². The zero-order valence-corrected chi connectivity index (χ0v) is 8.17. The van der Waals surface area contributed by atoms with E-state index in [0.717, 1.165) is 5.56 Å². The van der Waals surface area contributed by atoms with E-state index < -0.39 is 7.12 Å². The number of hydrogen-bond acceptors (Lipinski definition) is 3. The van der Waals surface area contributed by atoms with E-state index in [2.05, 4.69) is 0 Å². The van der Waals surface area contributed by atoms with Crippen molar-refractivity contribution in [2.24, 2.45) is 0 Å². The molecule has 13 heavy (non-hydrogen) atoms. The average molecular weight is 200 g/mol. The number of hydrogen-bond donors (Lipinski definition) is 2. The Morgan fingerprint density at radius 2 is 2.00 bits per heavy atom. The lowest BCUT2D eigenvalue weighted by molar-refractivity contribution is 0.401. The third-order valence-corrected chi connectivity index (χ3v) is 1.97. The van der Waals surface area contributed by atoms with Crippen molar-refractivity contribution in [2.75, 3.05) is 7.11 Å². The van der Waals surface area contributed by atoms with Gasteiger partial charge in [0.1, 0.15) is 5.75 Å². The predicted molar refractivity (Wildman–Crippen MR) is 52.6 cm³/mol. The van der Waals surface area contributed by atoms with Crippen molar-refractivity contribution in [1.82, 2.24) is 0 Å². The lowest BCUT2D eigenvalue weighted by atomic mass is 9.78. The van der Waals surface area contributed by atoms with Crippen LogP contribution in [0, 0.1) is 6.92 Å². The fourth-order valence-corrected chi connectivity index (χ4v) is 1.51. The number of aryl methyl sites for hydroxylation is 1. The van der Waals surface area contributed by atoms with Gasteiger partial charge in [0, 0.05) is 10.5 Å². The zero-order valence-electron chi connectivity index (χ0n) is 7.41. The second-order valence-corrected chi connectivity index (χ2v) is 3.16. The van der Waals surface area contributed by atoms with Crippen LogP contribution in [0.2, 0.25) is 5.02 Å². The Balaban J connectivity index is 3.29. The molecule has 0 unspecified atom stereocenters. The van der Waals surface area contributed by atoms with Crippen molar-refractivity contribution in [3.8, 4) is 5.75 Å². The van der Waals surface area contributed by atoms with Crippen molar-refractivity contribution in [1.29, 1.82) is 0 Å². The van der Waals surface area contributed by atoms with Gasteiger partial charge in [0.2, 0.25) is 0 Å². The third-order valence-electron chi connectivity index (χ3n) is 1.75. The summed E-state index contributed by atoms with van der Waals surface area (Å²) in [5.74, 6) is 0.458. The minimum absolute atomic E-state index is 0.285. The number of ether oxygens (including phenoxy) is 1. The van der Waals surface area contributed by atoms with Crippen molar-refractivity contribution in [2.45, 2.75) is 6.92 Å². The third kappa shape index (κ3) is 2.15. The quantitative estimate of drug-likeness (QED) is 0.677. The van der Waals surface area contributed by atoms with Gasteiger partial charge in [-0.15, -0.1) is 0 Å². The largest absolute Gasteiger partial charge is 0.497 e. The summed E-state index contributed by atoms with van der Waals surface area (Å²) < 4.78 is 5.01. The van der Waals surface area contributed by atoms with Gasteiger partial charge in [0.05, 0.1) is 7.11 Å². The van der Waals surface area contributed by atoms with Crippen LogP contribution in [0.4, 0.5) is 0 Å². The summed E-state index contributed by atoms with van der Waals surface area (Å²) in [5, 5.41) is 18.5. The first-order valence-electron chi connectivity index (χ1n) is 3.76. The maximum atomic E-state index is 9.00. The molecule has 0 saturated carbocycles. The van der Waals surface area contributed by atoms with E-state index in [9.17, 15) is 0 Å². The Morgan fingerprint density at radius 3 is 2.46 bits per heavy atom. The van der Waals surface area contributed by atoms with Crippen LogP contribution < -0.4 is 10.2 Å². The Bertz CT molecular complexity index is 315. The molecule has 0 fully saturated rings. The van der Waals surface area contributed by atoms with Gasteiger partial charge >= 0.3 is 7.12 Å². The zero-order chi connectivity index (χ0) is 10.0. The molecule has 0 heterocycles. The molecular weight excluding hydrogens is 190 g/mol. The molecule has 0 aromatic heterocycles. The molecule has 1 aromatic rings. The minimum atomic E-state index is -1.56. The van der Waals surface area contributed by atoms with Crippen LogP contribution in [0.3, 0.4) is 0 Å². The highest BCUT2D eigenvalue weighted by molar-refractivity contribution is 6.60. The van der Waals surface area contributed by atoms with E-state index in [4.69, 9.17) is 26.4 Å². The number of rotatable bonds is 2. The van der Waals surface area contributed by atoms with Crippen molar-refractivity contribution >= 4 is 24.2 Å². The Labute approximate surface area is 82.1 Å². The normalized spacial score (nSPS) is 9.92. The molecule has 0 amide bonds. The van der Waals surface area contributed by atoms with Crippen LogP contribution in [0.15, 0.2) is 12.1 Å². The fraction of sp³-hybridized carbons (Fsp3) is 0.250. The highest BCUT2D eigenvalue weighted by Gasteiger charge is 2.19. The van der Waals surface area contributed by atoms with Crippen molar-refractivity contribution in [3.63, 3.8) is 0 Å². The standard InChI is InChI=1S/C8H10BClO3/c1-5-3-6(10)4-7(9(11)12)8(5)13-2/h3-4,11-12H,1-2H3. The minimum Gasteiger partial charge on any atom is -0.497 e. The van der Waals surface area contributed by atoms with E-state index in [1.807, 2.05) is 0 Å². The summed E-state index contributed by atoms with van der Waals surface area (Å²) in [6.07, 6.45) is 0. The van der Waals surface area contributed by atoms with E-state index in [-0.39, 0.29) is 5.46 Å². The molecule has 0 aliphatic carbocycles. The molecule has 5 heteroatoms. The smallest absolute Gasteiger partial charge is 0.492 e. The van der Waals surface area contributed by atoms with Gasteiger partial charge in [-0.05, 0) is 24.6 Å². The van der Waals surface area contributed by atoms with Crippen molar-refractivity contribution in [3.05, 3.63) is 22.7 Å². The van der Waals surface area contributed by atoms with Crippen LogP contribution >= 0.6 is 11.6 Å². The second kappa shape index (κ2) is 4.00. The van der Waals surface area contributed by atoms with E-state index in [1.54, 1.807) is 13.0 Å². The number of methoxy groups -OCH3 is 1. The van der Waals surface area contributed by atoms with E-state index >= 15 is 0 Å². The SMILES string of the molecule is COc1c(C)cc(Cl)cc1B(O)O. The lowest BCUT2D eigenvalue weighted by Crippen LogP contribution is -2.31. The number of benzene rings is 1.